The zero-order valence-corrected chi connectivity index (χ0v) is 18.6. The lowest BCUT2D eigenvalue weighted by molar-refractivity contribution is -0.385. The second-order valence-corrected chi connectivity index (χ2v) is 9.49. The molecule has 0 bridgehead atoms. The van der Waals surface area contributed by atoms with Crippen LogP contribution in [0.2, 0.25) is 0 Å². The Hall–Kier alpha value is -3.91. The molecule has 1 heterocycles. The molecule has 34 heavy (non-hydrogen) atoms. The van der Waals surface area contributed by atoms with Gasteiger partial charge in [0.05, 0.1) is 36.1 Å². The summed E-state index contributed by atoms with van der Waals surface area (Å²) in [6.07, 6.45) is 0. The van der Waals surface area contributed by atoms with Gasteiger partial charge in [-0.25, -0.2) is 8.42 Å². The van der Waals surface area contributed by atoms with Crippen molar-refractivity contribution in [2.75, 3.05) is 14.2 Å². The SMILES string of the molecule is COC(=O)[C@@H]1[C@H](c2ccc([N+](=O)[O-])cc2)N[C@@H](c2ccc([N+](=O)[O-])cc2)[C@H](C(=O)OC)S1(=O)=O. The van der Waals surface area contributed by atoms with E-state index in [4.69, 9.17) is 9.47 Å². The van der Waals surface area contributed by atoms with Gasteiger partial charge in [0.25, 0.3) is 11.4 Å². The Morgan fingerprint density at radius 2 is 1.09 bits per heavy atom. The molecule has 0 saturated carbocycles. The Bertz CT molecular complexity index is 1140. The van der Waals surface area contributed by atoms with Crippen LogP contribution in [0.4, 0.5) is 11.4 Å². The first kappa shape index (κ1) is 24.7. The van der Waals surface area contributed by atoms with Crippen LogP contribution in [0.15, 0.2) is 48.5 Å². The van der Waals surface area contributed by atoms with E-state index in [-0.39, 0.29) is 22.5 Å². The summed E-state index contributed by atoms with van der Waals surface area (Å²) in [5.74, 6) is -2.29. The molecule has 2 aromatic rings. The van der Waals surface area contributed by atoms with Crippen molar-refractivity contribution in [3.8, 4) is 0 Å². The van der Waals surface area contributed by atoms with Crippen molar-refractivity contribution < 1.29 is 37.3 Å². The van der Waals surface area contributed by atoms with Gasteiger partial charge in [0.2, 0.25) is 0 Å². The van der Waals surface area contributed by atoms with Gasteiger partial charge in [-0.05, 0) is 11.1 Å². The topological polar surface area (TPSA) is 185 Å². The van der Waals surface area contributed by atoms with E-state index in [1.54, 1.807) is 0 Å². The largest absolute Gasteiger partial charge is 0.468 e. The Kier molecular flexibility index (Phi) is 6.93. The van der Waals surface area contributed by atoms with Crippen LogP contribution in [0.1, 0.15) is 23.2 Å². The van der Waals surface area contributed by atoms with Crippen molar-refractivity contribution in [3.63, 3.8) is 0 Å². The van der Waals surface area contributed by atoms with E-state index in [1.807, 2.05) is 0 Å². The van der Waals surface area contributed by atoms with E-state index in [9.17, 15) is 38.2 Å². The molecule has 1 aliphatic heterocycles. The third-order valence-electron chi connectivity index (χ3n) is 5.47. The molecule has 1 N–H and O–H groups in total. The summed E-state index contributed by atoms with van der Waals surface area (Å²) in [4.78, 5) is 45.9. The van der Waals surface area contributed by atoms with E-state index < -0.39 is 54.2 Å². The standard InChI is InChI=1S/C20H19N3O10S/c1-32-19(24)17-15(11-3-7-13(8-4-11)22(26)27)21-16(18(20(25)33-2)34(17,30)31)12-5-9-14(10-6-12)23(28)29/h3-10,15-18,21H,1-2H3/t15-,16-,17-,18+/m0/s1. The molecule has 0 aliphatic carbocycles. The fraction of sp³-hybridized carbons (Fsp3) is 0.300. The number of nitro groups is 2. The van der Waals surface area contributed by atoms with Crippen LogP contribution in [-0.4, -0.2) is 54.9 Å². The van der Waals surface area contributed by atoms with Gasteiger partial charge in [-0.1, -0.05) is 24.3 Å². The maximum absolute atomic E-state index is 13.6. The molecule has 1 aliphatic rings. The molecule has 180 valence electrons. The number of carbonyl (C=O) groups is 2. The fourth-order valence-electron chi connectivity index (χ4n) is 3.83. The minimum absolute atomic E-state index is 0.208. The van der Waals surface area contributed by atoms with E-state index in [1.165, 1.54) is 24.3 Å². The molecule has 0 aromatic heterocycles. The highest BCUT2D eigenvalue weighted by Crippen LogP contribution is 2.39. The highest BCUT2D eigenvalue weighted by Gasteiger charge is 2.56. The maximum Gasteiger partial charge on any atom is 0.326 e. The number of rotatable bonds is 6. The third kappa shape index (κ3) is 4.45. The summed E-state index contributed by atoms with van der Waals surface area (Å²) in [7, 11) is -2.64. The molecule has 0 unspecified atom stereocenters. The average molecular weight is 493 g/mol. The molecular weight excluding hydrogens is 474 g/mol. The van der Waals surface area contributed by atoms with E-state index in [0.29, 0.717) is 0 Å². The first-order chi connectivity index (χ1) is 16.0. The van der Waals surface area contributed by atoms with E-state index in [0.717, 1.165) is 38.5 Å². The number of methoxy groups -OCH3 is 2. The predicted octanol–water partition coefficient (Wildman–Crippen LogP) is 1.39. The molecule has 2 aromatic carbocycles. The number of non-ortho nitro benzene ring substituents is 2. The molecular formula is C20H19N3O10S. The minimum atomic E-state index is -4.61. The van der Waals surface area contributed by atoms with Crippen molar-refractivity contribution in [2.45, 2.75) is 22.6 Å². The lowest BCUT2D eigenvalue weighted by atomic mass is 9.96. The average Bonchev–Trinajstić information content (AvgIpc) is 2.82. The quantitative estimate of drug-likeness (QED) is 0.348. The Balaban J connectivity index is 2.18. The summed E-state index contributed by atoms with van der Waals surface area (Å²) in [6.45, 7) is 0. The van der Waals surface area contributed by atoms with Gasteiger partial charge in [-0.2, -0.15) is 0 Å². The number of ether oxygens (including phenoxy) is 2. The maximum atomic E-state index is 13.6. The second-order valence-electron chi connectivity index (χ2n) is 7.30. The first-order valence-corrected chi connectivity index (χ1v) is 11.3. The molecule has 1 saturated heterocycles. The Morgan fingerprint density at radius 1 is 0.765 bits per heavy atom. The monoisotopic (exact) mass is 493 g/mol. The molecule has 4 atom stereocenters. The van der Waals surface area contributed by atoms with Gasteiger partial charge >= 0.3 is 11.9 Å². The molecule has 3 rings (SSSR count). The lowest BCUT2D eigenvalue weighted by Crippen LogP contribution is -2.59. The van der Waals surface area contributed by atoms with Gasteiger partial charge in [0.15, 0.2) is 20.3 Å². The number of esters is 2. The second kappa shape index (κ2) is 9.52. The third-order valence-corrected chi connectivity index (χ3v) is 7.81. The zero-order chi connectivity index (χ0) is 25.2. The van der Waals surface area contributed by atoms with Crippen molar-refractivity contribution in [1.82, 2.24) is 5.32 Å². The Morgan fingerprint density at radius 3 is 1.35 bits per heavy atom. The van der Waals surface area contributed by atoms with Crippen molar-refractivity contribution in [2.24, 2.45) is 0 Å². The van der Waals surface area contributed by atoms with Gasteiger partial charge in [0, 0.05) is 24.3 Å². The van der Waals surface area contributed by atoms with Crippen molar-refractivity contribution in [1.29, 1.82) is 0 Å². The van der Waals surface area contributed by atoms with Crippen LogP contribution in [0.5, 0.6) is 0 Å². The van der Waals surface area contributed by atoms with Crippen molar-refractivity contribution >= 4 is 33.2 Å². The fourth-order valence-corrected chi connectivity index (χ4v) is 6.10. The highest BCUT2D eigenvalue weighted by molar-refractivity contribution is 7.94. The van der Waals surface area contributed by atoms with E-state index >= 15 is 0 Å². The summed E-state index contributed by atoms with van der Waals surface area (Å²) >= 11 is 0. The number of nitro benzene ring substituents is 2. The number of nitrogens with one attached hydrogen (secondary N) is 1. The molecule has 0 radical (unpaired) electrons. The first-order valence-electron chi connectivity index (χ1n) is 9.66. The molecule has 13 nitrogen and oxygen atoms in total. The predicted molar refractivity (Wildman–Crippen MR) is 115 cm³/mol. The van der Waals surface area contributed by atoms with Crippen LogP contribution in [0.25, 0.3) is 0 Å². The minimum Gasteiger partial charge on any atom is -0.468 e. The van der Waals surface area contributed by atoms with Crippen molar-refractivity contribution in [3.05, 3.63) is 79.9 Å². The number of sulfone groups is 1. The van der Waals surface area contributed by atoms with Crippen LogP contribution < -0.4 is 5.32 Å². The Labute approximate surface area is 192 Å². The van der Waals surface area contributed by atoms with Crippen LogP contribution >= 0.6 is 0 Å². The molecule has 0 spiro atoms. The van der Waals surface area contributed by atoms with Gasteiger partial charge in [0.1, 0.15) is 0 Å². The van der Waals surface area contributed by atoms with Gasteiger partial charge < -0.3 is 9.47 Å². The van der Waals surface area contributed by atoms with Gasteiger partial charge in [-0.15, -0.1) is 0 Å². The number of hydrogen-bond acceptors (Lipinski definition) is 11. The summed E-state index contributed by atoms with van der Waals surface area (Å²) in [5, 5.41) is 21.2. The van der Waals surface area contributed by atoms with Crippen LogP contribution in [0, 0.1) is 20.2 Å². The number of nitrogens with zero attached hydrogens (tertiary/aromatic N) is 2. The summed E-state index contributed by atoms with van der Waals surface area (Å²) in [5.41, 5.74) is -0.0904. The zero-order valence-electron chi connectivity index (χ0n) is 17.8. The lowest BCUT2D eigenvalue weighted by Gasteiger charge is -2.40. The number of benzene rings is 2. The highest BCUT2D eigenvalue weighted by atomic mass is 32.2. The number of hydrogen-bond donors (Lipinski definition) is 1. The van der Waals surface area contributed by atoms with Crippen LogP contribution in [-0.2, 0) is 28.9 Å². The number of carbonyl (C=O) groups excluding carboxylic acids is 2. The normalized spacial score (nSPS) is 23.5. The summed E-state index contributed by atoms with van der Waals surface area (Å²) in [6, 6.07) is 7.18. The summed E-state index contributed by atoms with van der Waals surface area (Å²) < 4.78 is 36.5. The smallest absolute Gasteiger partial charge is 0.326 e. The molecule has 0 amide bonds. The van der Waals surface area contributed by atoms with E-state index in [2.05, 4.69) is 5.32 Å². The molecule has 1 fully saturated rings. The van der Waals surface area contributed by atoms with Gasteiger partial charge in [-0.3, -0.25) is 35.1 Å². The molecule has 14 heteroatoms. The van der Waals surface area contributed by atoms with Crippen LogP contribution in [0.3, 0.4) is 0 Å².